The lowest BCUT2D eigenvalue weighted by Gasteiger charge is -2.14. The van der Waals surface area contributed by atoms with Crippen molar-refractivity contribution in [1.29, 1.82) is 0 Å². The molecule has 0 amide bonds. The maximum atomic E-state index is 11.4. The van der Waals surface area contributed by atoms with Crippen molar-refractivity contribution in [2.45, 2.75) is 72.1 Å². The average molecular weight is 304 g/mol. The lowest BCUT2D eigenvalue weighted by molar-refractivity contribution is -0.132. The zero-order chi connectivity index (χ0) is 15.9. The van der Waals surface area contributed by atoms with E-state index in [0.29, 0.717) is 5.75 Å². The standard InChI is InChI=1S/C18H28N2O2/c1-4-5-6-7-8-9-10-16-17(22-14(3)21)13(2)15-11-12-19-18(15)20-16/h4-12H2,1-3H3,(H,19,20). The molecule has 0 fully saturated rings. The number of hydrogen-bond donors (Lipinski definition) is 1. The highest BCUT2D eigenvalue weighted by molar-refractivity contribution is 5.71. The number of carbonyl (C=O) groups excluding carboxylic acids is 1. The normalized spacial score (nSPS) is 12.9. The molecule has 4 nitrogen and oxygen atoms in total. The Morgan fingerprint density at radius 3 is 2.68 bits per heavy atom. The minimum absolute atomic E-state index is 0.264. The van der Waals surface area contributed by atoms with Crippen LogP contribution in [-0.4, -0.2) is 17.5 Å². The van der Waals surface area contributed by atoms with E-state index in [4.69, 9.17) is 9.72 Å². The third-order valence-electron chi connectivity index (χ3n) is 4.27. The highest BCUT2D eigenvalue weighted by atomic mass is 16.5. The third-order valence-corrected chi connectivity index (χ3v) is 4.27. The molecule has 0 aliphatic carbocycles. The Balaban J connectivity index is 2.05. The van der Waals surface area contributed by atoms with Crippen LogP contribution in [0.15, 0.2) is 0 Å². The van der Waals surface area contributed by atoms with Gasteiger partial charge in [0.15, 0.2) is 5.75 Å². The molecule has 0 spiro atoms. The minimum Gasteiger partial charge on any atom is -0.424 e. The number of esters is 1. The van der Waals surface area contributed by atoms with Crippen LogP contribution in [0.5, 0.6) is 5.75 Å². The quantitative estimate of drug-likeness (QED) is 0.578. The maximum Gasteiger partial charge on any atom is 0.308 e. The molecule has 0 aromatic carbocycles. The van der Waals surface area contributed by atoms with Crippen molar-refractivity contribution in [3.63, 3.8) is 0 Å². The van der Waals surface area contributed by atoms with Gasteiger partial charge in [-0.1, -0.05) is 39.0 Å². The smallest absolute Gasteiger partial charge is 0.308 e. The van der Waals surface area contributed by atoms with Crippen molar-refractivity contribution in [2.24, 2.45) is 0 Å². The molecule has 0 saturated heterocycles. The summed E-state index contributed by atoms with van der Waals surface area (Å²) in [6, 6.07) is 0. The SMILES string of the molecule is CCCCCCCCc1nc2c(c(C)c1OC(C)=O)CCN2. The van der Waals surface area contributed by atoms with Crippen LogP contribution in [0.3, 0.4) is 0 Å². The number of nitrogens with one attached hydrogen (secondary N) is 1. The molecule has 0 saturated carbocycles. The number of pyridine rings is 1. The van der Waals surface area contributed by atoms with Crippen molar-refractivity contribution in [1.82, 2.24) is 4.98 Å². The molecule has 0 radical (unpaired) electrons. The summed E-state index contributed by atoms with van der Waals surface area (Å²) in [7, 11) is 0. The summed E-state index contributed by atoms with van der Waals surface area (Å²) in [5, 5.41) is 3.33. The topological polar surface area (TPSA) is 51.2 Å². The van der Waals surface area contributed by atoms with Gasteiger partial charge in [-0.15, -0.1) is 0 Å². The third kappa shape index (κ3) is 4.21. The predicted octanol–water partition coefficient (Wildman–Crippen LogP) is 4.19. The van der Waals surface area contributed by atoms with Crippen molar-refractivity contribution in [2.75, 3.05) is 11.9 Å². The number of aryl methyl sites for hydroxylation is 1. The second kappa shape index (κ2) is 8.16. The van der Waals surface area contributed by atoms with Crippen LogP contribution < -0.4 is 10.1 Å². The molecule has 22 heavy (non-hydrogen) atoms. The first kappa shape index (κ1) is 16.8. The Hall–Kier alpha value is -1.58. The highest BCUT2D eigenvalue weighted by Crippen LogP contribution is 2.34. The number of fused-ring (bicyclic) bond motifs is 1. The zero-order valence-corrected chi connectivity index (χ0v) is 14.1. The van der Waals surface area contributed by atoms with Crippen LogP contribution >= 0.6 is 0 Å². The van der Waals surface area contributed by atoms with Crippen molar-refractivity contribution in [3.05, 3.63) is 16.8 Å². The molecule has 0 atom stereocenters. The van der Waals surface area contributed by atoms with Gasteiger partial charge in [0.1, 0.15) is 5.82 Å². The molecule has 4 heteroatoms. The number of unbranched alkanes of at least 4 members (excludes halogenated alkanes) is 5. The molecular formula is C18H28N2O2. The van der Waals surface area contributed by atoms with E-state index < -0.39 is 0 Å². The van der Waals surface area contributed by atoms with E-state index >= 15 is 0 Å². The molecule has 2 heterocycles. The van der Waals surface area contributed by atoms with Gasteiger partial charge in [-0.3, -0.25) is 4.79 Å². The first-order valence-corrected chi connectivity index (χ1v) is 8.58. The van der Waals surface area contributed by atoms with Gasteiger partial charge < -0.3 is 10.1 Å². The molecule has 122 valence electrons. The summed E-state index contributed by atoms with van der Waals surface area (Å²) in [6.07, 6.45) is 9.33. The summed E-state index contributed by atoms with van der Waals surface area (Å²) in [5.74, 6) is 1.41. The predicted molar refractivity (Wildman–Crippen MR) is 89.6 cm³/mol. The van der Waals surface area contributed by atoms with E-state index in [1.165, 1.54) is 44.6 Å². The fraction of sp³-hybridized carbons (Fsp3) is 0.667. The first-order chi connectivity index (χ1) is 10.6. The van der Waals surface area contributed by atoms with Gasteiger partial charge >= 0.3 is 5.97 Å². The van der Waals surface area contributed by atoms with Crippen LogP contribution in [0.1, 0.15) is 69.2 Å². The van der Waals surface area contributed by atoms with Gasteiger partial charge in [-0.05, 0) is 26.2 Å². The molecule has 1 aromatic heterocycles. The minimum atomic E-state index is -0.264. The molecule has 0 bridgehead atoms. The Labute approximate surface area is 133 Å². The van der Waals surface area contributed by atoms with Crippen LogP contribution in [0, 0.1) is 6.92 Å². The number of nitrogens with zero attached hydrogens (tertiary/aromatic N) is 1. The molecule has 0 unspecified atom stereocenters. The van der Waals surface area contributed by atoms with E-state index in [-0.39, 0.29) is 5.97 Å². The molecular weight excluding hydrogens is 276 g/mol. The maximum absolute atomic E-state index is 11.4. The molecule has 2 rings (SSSR count). The lowest BCUT2D eigenvalue weighted by atomic mass is 10.0. The lowest BCUT2D eigenvalue weighted by Crippen LogP contribution is -2.09. The van der Waals surface area contributed by atoms with Crippen molar-refractivity contribution < 1.29 is 9.53 Å². The van der Waals surface area contributed by atoms with Gasteiger partial charge in [0.05, 0.1) is 5.69 Å². The Kier molecular flexibility index (Phi) is 6.22. The molecule has 1 aromatic rings. The summed E-state index contributed by atoms with van der Waals surface area (Å²) < 4.78 is 5.47. The molecule has 1 aliphatic heterocycles. The zero-order valence-electron chi connectivity index (χ0n) is 14.1. The average Bonchev–Trinajstić information content (AvgIpc) is 2.94. The van der Waals surface area contributed by atoms with Gasteiger partial charge in [0.2, 0.25) is 0 Å². The number of rotatable bonds is 8. The van der Waals surface area contributed by atoms with E-state index in [1.807, 2.05) is 6.92 Å². The first-order valence-electron chi connectivity index (χ1n) is 8.58. The summed E-state index contributed by atoms with van der Waals surface area (Å²) in [5.41, 5.74) is 3.20. The molecule has 1 N–H and O–H groups in total. The van der Waals surface area contributed by atoms with Crippen molar-refractivity contribution >= 4 is 11.8 Å². The summed E-state index contributed by atoms with van der Waals surface area (Å²) in [4.78, 5) is 16.1. The van der Waals surface area contributed by atoms with E-state index in [9.17, 15) is 4.79 Å². The van der Waals surface area contributed by atoms with E-state index in [0.717, 1.165) is 42.9 Å². The van der Waals surface area contributed by atoms with Crippen molar-refractivity contribution in [3.8, 4) is 5.75 Å². The fourth-order valence-corrected chi connectivity index (χ4v) is 3.06. The van der Waals surface area contributed by atoms with Crippen LogP contribution in [0.2, 0.25) is 0 Å². The number of ether oxygens (including phenoxy) is 1. The van der Waals surface area contributed by atoms with Crippen LogP contribution in [0.25, 0.3) is 0 Å². The monoisotopic (exact) mass is 304 g/mol. The number of hydrogen-bond acceptors (Lipinski definition) is 4. The van der Waals surface area contributed by atoms with Gasteiger partial charge in [0, 0.05) is 24.6 Å². The Bertz CT molecular complexity index is 526. The fourth-order valence-electron chi connectivity index (χ4n) is 3.06. The highest BCUT2D eigenvalue weighted by Gasteiger charge is 2.22. The Morgan fingerprint density at radius 1 is 1.23 bits per heavy atom. The van der Waals surface area contributed by atoms with E-state index in [1.54, 1.807) is 0 Å². The summed E-state index contributed by atoms with van der Waals surface area (Å²) >= 11 is 0. The molecule has 1 aliphatic rings. The number of aromatic nitrogens is 1. The van der Waals surface area contributed by atoms with Gasteiger partial charge in [-0.2, -0.15) is 0 Å². The second-order valence-corrected chi connectivity index (χ2v) is 6.13. The summed E-state index contributed by atoms with van der Waals surface area (Å²) in [6.45, 7) is 6.65. The number of carbonyl (C=O) groups is 1. The Morgan fingerprint density at radius 2 is 1.95 bits per heavy atom. The van der Waals surface area contributed by atoms with Gasteiger partial charge in [-0.25, -0.2) is 4.98 Å². The van der Waals surface area contributed by atoms with Crippen LogP contribution in [-0.2, 0) is 17.6 Å². The largest absolute Gasteiger partial charge is 0.424 e. The van der Waals surface area contributed by atoms with Crippen LogP contribution in [0.4, 0.5) is 5.82 Å². The van der Waals surface area contributed by atoms with E-state index in [2.05, 4.69) is 12.2 Å². The second-order valence-electron chi connectivity index (χ2n) is 6.13. The van der Waals surface area contributed by atoms with Gasteiger partial charge in [0.25, 0.3) is 0 Å². The number of anilines is 1.